The number of nitrogens with one attached hydrogen (secondary N) is 3. The molecule has 6 aliphatic rings. The van der Waals surface area contributed by atoms with Crippen molar-refractivity contribution in [1.29, 1.82) is 0 Å². The summed E-state index contributed by atoms with van der Waals surface area (Å²) >= 11 is 0. The number of pyridine rings is 3. The fourth-order valence-corrected chi connectivity index (χ4v) is 14.3. The fraction of sp³-hybridized carbons (Fsp3) is 0.463. The molecule has 6 fully saturated rings. The highest BCUT2D eigenvalue weighted by molar-refractivity contribution is 5.99. The first-order chi connectivity index (χ1) is 44.0. The minimum Gasteiger partial charge on any atom is -0.449 e. The summed E-state index contributed by atoms with van der Waals surface area (Å²) in [6, 6.07) is 10.7. The highest BCUT2D eigenvalue weighted by atomic mass is 16.5. The molecule has 91 heavy (non-hydrogen) atoms. The summed E-state index contributed by atoms with van der Waals surface area (Å²) in [6.07, 6.45) is 24.2. The summed E-state index contributed by atoms with van der Waals surface area (Å²) in [6.45, 7) is 17.5. The molecule has 3 N–H and O–H groups in total. The van der Waals surface area contributed by atoms with Crippen molar-refractivity contribution in [2.45, 2.75) is 105 Å². The molecule has 9 aromatic rings. The summed E-state index contributed by atoms with van der Waals surface area (Å²) in [5.41, 5.74) is 6.13. The highest BCUT2D eigenvalue weighted by Gasteiger charge is 2.57. The van der Waals surface area contributed by atoms with Crippen LogP contribution in [0.15, 0.2) is 110 Å². The molecule has 6 amide bonds. The van der Waals surface area contributed by atoms with E-state index in [2.05, 4.69) is 46.3 Å². The second kappa shape index (κ2) is 24.7. The zero-order chi connectivity index (χ0) is 63.2. The third-order valence-corrected chi connectivity index (χ3v) is 20.5. The fourth-order valence-electron chi connectivity index (χ4n) is 14.3. The maximum absolute atomic E-state index is 12.9. The zero-order valence-corrected chi connectivity index (χ0v) is 52.0. The SMILES string of the molecule is CCn1cc(C(=O)N2CCC3(CC2)CC3CNC(=O)c2cc3ccncc3o2)cn1.CCn1ncc(C(=O)N2CCC3(CC2)CC3CNC(=O)c2cc3ccncc3o2)c1C.Cc1noc(C)c1C(=O)N1CCC2(CC1)CC2CNC(=O)c1cc2ccncc2o1. The quantitative estimate of drug-likeness (QED) is 0.0916. The molecule has 3 spiro atoms. The molecule has 0 bridgehead atoms. The average molecular weight is 1240 g/mol. The molecule has 3 aliphatic heterocycles. The molecule has 0 radical (unpaired) electrons. The molecular formula is C67H76N14O10. The van der Waals surface area contributed by atoms with Crippen molar-refractivity contribution in [3.05, 3.63) is 143 Å². The van der Waals surface area contributed by atoms with E-state index >= 15 is 0 Å². The van der Waals surface area contributed by atoms with Crippen LogP contribution in [0.2, 0.25) is 0 Å². The standard InChI is InChI=1S/C23H27N5O3.C22H25N5O3.C22H24N4O4/c1-3-28-15(2)18(13-26-28)22(30)27-8-5-23(6-9-27)11-17(23)12-25-21(29)19-10-16-4-7-24-14-20(16)31-19;1-2-27-14-16(11-25-27)21(29)26-7-4-22(5-8-26)10-17(22)12-24-20(28)18-9-15-3-6-23-13-19(15)30-18;1-13-19(14(2)30-25-13)21(28)26-7-4-22(5-8-26)10-16(22)11-24-20(27)17-9-15-3-6-23-12-18(15)29-17/h4,7,10,13-14,17H,3,5-6,8-9,11-12H2,1-2H3,(H,25,29);3,6,9,11,13-14,17H,2,4-5,7-8,10,12H2,1H3,(H,24,28);3,6,9,12,16H,4-5,7-8,10-11H2,1-2H3,(H,24,27). The Morgan fingerprint density at radius 2 is 0.945 bits per heavy atom. The maximum atomic E-state index is 12.9. The van der Waals surface area contributed by atoms with Crippen LogP contribution in [0.1, 0.15) is 152 Å². The van der Waals surface area contributed by atoms with E-state index in [4.69, 9.17) is 17.8 Å². The molecule has 0 aromatic carbocycles. The Morgan fingerprint density at radius 3 is 1.31 bits per heavy atom. The van der Waals surface area contributed by atoms with Gasteiger partial charge in [0.25, 0.3) is 35.4 Å². The average Bonchev–Trinajstić information content (AvgIpc) is 1.61. The highest BCUT2D eigenvalue weighted by Crippen LogP contribution is 2.61. The van der Waals surface area contributed by atoms with Gasteiger partial charge < -0.3 is 48.4 Å². The Labute approximate surface area is 524 Å². The van der Waals surface area contributed by atoms with Crippen molar-refractivity contribution in [2.24, 2.45) is 34.0 Å². The molecule has 24 nitrogen and oxygen atoms in total. The van der Waals surface area contributed by atoms with Gasteiger partial charge in [0.1, 0.15) is 11.3 Å². The van der Waals surface area contributed by atoms with Gasteiger partial charge in [0.05, 0.1) is 47.8 Å². The molecular weight excluding hydrogens is 1160 g/mol. The van der Waals surface area contributed by atoms with Gasteiger partial charge in [-0.2, -0.15) is 10.2 Å². The van der Waals surface area contributed by atoms with Gasteiger partial charge in [-0.1, -0.05) is 5.16 Å². The summed E-state index contributed by atoms with van der Waals surface area (Å²) in [4.78, 5) is 93.6. The molecule has 12 heterocycles. The largest absolute Gasteiger partial charge is 0.449 e. The van der Waals surface area contributed by atoms with Gasteiger partial charge in [-0.15, -0.1) is 0 Å². The number of aryl methyl sites for hydroxylation is 4. The smallest absolute Gasteiger partial charge is 0.287 e. The van der Waals surface area contributed by atoms with E-state index in [1.807, 2.05) is 64.5 Å². The molecule has 3 unspecified atom stereocenters. The van der Waals surface area contributed by atoms with Crippen molar-refractivity contribution in [3.8, 4) is 0 Å². The van der Waals surface area contributed by atoms with E-state index in [9.17, 15) is 28.8 Å². The summed E-state index contributed by atoms with van der Waals surface area (Å²) in [5, 5.41) is 24.1. The van der Waals surface area contributed by atoms with Gasteiger partial charge in [0.15, 0.2) is 34.0 Å². The molecule has 9 aromatic heterocycles. The van der Waals surface area contributed by atoms with Crippen LogP contribution in [-0.4, -0.2) is 149 Å². The van der Waals surface area contributed by atoms with Crippen LogP contribution in [0.3, 0.4) is 0 Å². The number of rotatable bonds is 14. The normalized spacial score (nSPS) is 19.8. The molecule has 15 rings (SSSR count). The number of carbonyl (C=O) groups is 6. The van der Waals surface area contributed by atoms with Gasteiger partial charge in [-0.3, -0.25) is 53.1 Å². The van der Waals surface area contributed by atoms with Crippen LogP contribution < -0.4 is 16.0 Å². The van der Waals surface area contributed by atoms with Gasteiger partial charge in [0.2, 0.25) is 0 Å². The van der Waals surface area contributed by atoms with Crippen LogP contribution in [0.25, 0.3) is 32.9 Å². The molecule has 3 aliphatic carbocycles. The Balaban J connectivity index is 0.000000125. The summed E-state index contributed by atoms with van der Waals surface area (Å²) in [5.74, 6) is 2.49. The maximum Gasteiger partial charge on any atom is 0.287 e. The number of amides is 6. The van der Waals surface area contributed by atoms with Crippen LogP contribution in [0.5, 0.6) is 0 Å². The predicted molar refractivity (Wildman–Crippen MR) is 333 cm³/mol. The minimum absolute atomic E-state index is 0.00554. The Morgan fingerprint density at radius 1 is 0.527 bits per heavy atom. The Hall–Kier alpha value is -9.48. The molecule has 3 saturated carbocycles. The number of nitrogens with zero attached hydrogens (tertiary/aromatic N) is 11. The van der Waals surface area contributed by atoms with Crippen molar-refractivity contribution >= 4 is 68.4 Å². The van der Waals surface area contributed by atoms with Gasteiger partial charge in [-0.25, -0.2) is 0 Å². The third kappa shape index (κ3) is 12.3. The molecule has 474 valence electrons. The van der Waals surface area contributed by atoms with Gasteiger partial charge in [-0.05, 0) is 163 Å². The minimum atomic E-state index is -0.195. The topological polar surface area (TPSA) is 288 Å². The number of aromatic nitrogens is 8. The van der Waals surface area contributed by atoms with E-state index < -0.39 is 0 Å². The molecule has 3 saturated heterocycles. The Kier molecular flexibility index (Phi) is 16.4. The monoisotopic (exact) mass is 1240 g/mol. The van der Waals surface area contributed by atoms with E-state index in [0.29, 0.717) is 99.6 Å². The lowest BCUT2D eigenvalue weighted by Gasteiger charge is -2.33. The van der Waals surface area contributed by atoms with E-state index in [0.717, 1.165) is 132 Å². The number of hydrogen-bond acceptors (Lipinski definition) is 16. The second-order valence-corrected chi connectivity index (χ2v) is 25.6. The predicted octanol–water partition coefficient (Wildman–Crippen LogP) is 8.85. The molecule has 24 heteroatoms. The first-order valence-corrected chi connectivity index (χ1v) is 31.8. The first kappa shape index (κ1) is 60.4. The lowest BCUT2D eigenvalue weighted by molar-refractivity contribution is 0.0658. The third-order valence-electron chi connectivity index (χ3n) is 20.5. The number of likely N-dealkylation sites (tertiary alicyclic amines) is 3. The van der Waals surface area contributed by atoms with Gasteiger partial charge >= 0.3 is 0 Å². The van der Waals surface area contributed by atoms with Gasteiger partial charge in [0, 0.05) is 119 Å². The Bertz CT molecular complexity index is 4080. The second-order valence-electron chi connectivity index (χ2n) is 25.6. The number of fused-ring (bicyclic) bond motifs is 3. The van der Waals surface area contributed by atoms with E-state index in [1.54, 1.807) is 86.3 Å². The lowest BCUT2D eigenvalue weighted by Crippen LogP contribution is -2.40. The van der Waals surface area contributed by atoms with Crippen LogP contribution in [-0.2, 0) is 13.1 Å². The van der Waals surface area contributed by atoms with Crippen molar-refractivity contribution in [3.63, 3.8) is 0 Å². The summed E-state index contributed by atoms with van der Waals surface area (Å²) < 4.78 is 25.5. The van der Waals surface area contributed by atoms with E-state index in [-0.39, 0.29) is 51.7 Å². The van der Waals surface area contributed by atoms with Crippen molar-refractivity contribution in [1.82, 2.24) is 70.3 Å². The first-order valence-electron chi connectivity index (χ1n) is 31.8. The number of carbonyl (C=O) groups excluding carboxylic acids is 6. The number of furan rings is 3. The van der Waals surface area contributed by atoms with Crippen LogP contribution >= 0.6 is 0 Å². The molecule has 3 atom stereocenters. The van der Waals surface area contributed by atoms with Crippen LogP contribution in [0, 0.1) is 54.8 Å². The number of piperidine rings is 3. The number of hydrogen-bond donors (Lipinski definition) is 3. The van der Waals surface area contributed by atoms with Crippen LogP contribution in [0.4, 0.5) is 0 Å². The van der Waals surface area contributed by atoms with Crippen molar-refractivity contribution < 1.29 is 46.5 Å². The van der Waals surface area contributed by atoms with E-state index in [1.165, 1.54) is 0 Å². The zero-order valence-electron chi connectivity index (χ0n) is 52.0. The van der Waals surface area contributed by atoms with Crippen molar-refractivity contribution in [2.75, 3.05) is 58.9 Å². The lowest BCUT2D eigenvalue weighted by atomic mass is 9.90. The summed E-state index contributed by atoms with van der Waals surface area (Å²) in [7, 11) is 0.